The molecule has 1 aromatic rings. The number of carbonyl (C=O) groups is 2. The number of methoxy groups -OCH3 is 1. The van der Waals surface area contributed by atoms with Gasteiger partial charge in [-0.1, -0.05) is 19.1 Å². The maximum absolute atomic E-state index is 12.3. The minimum Gasteiger partial charge on any atom is -0.507 e. The molecule has 0 bridgehead atoms. The molecule has 1 N–H and O–H groups in total. The first-order valence-corrected chi connectivity index (χ1v) is 6.19. The first kappa shape index (κ1) is 13.4. The summed E-state index contributed by atoms with van der Waals surface area (Å²) in [4.78, 5) is 25.5. The summed E-state index contributed by atoms with van der Waals surface area (Å²) in [5.74, 6) is -0.819. The number of para-hydroxylation sites is 1. The zero-order chi connectivity index (χ0) is 14.0. The predicted molar refractivity (Wildman–Crippen MR) is 68.7 cm³/mol. The number of nitrogens with zero attached hydrogens (tertiary/aromatic N) is 1. The van der Waals surface area contributed by atoms with Gasteiger partial charge in [0.15, 0.2) is 0 Å². The summed E-state index contributed by atoms with van der Waals surface area (Å²) >= 11 is 0. The Hall–Kier alpha value is -2.04. The van der Waals surface area contributed by atoms with Gasteiger partial charge in [-0.3, -0.25) is 9.59 Å². The molecule has 1 aliphatic heterocycles. The fourth-order valence-corrected chi connectivity index (χ4v) is 2.42. The Bertz CT molecular complexity index is 500. The number of carbonyl (C=O) groups excluding carboxylic acids is 2. The van der Waals surface area contributed by atoms with E-state index in [0.29, 0.717) is 13.1 Å². The summed E-state index contributed by atoms with van der Waals surface area (Å²) < 4.78 is 4.74. The van der Waals surface area contributed by atoms with Gasteiger partial charge in [0, 0.05) is 13.1 Å². The summed E-state index contributed by atoms with van der Waals surface area (Å²) in [6.45, 7) is 2.74. The van der Waals surface area contributed by atoms with E-state index in [4.69, 9.17) is 4.74 Å². The lowest BCUT2D eigenvalue weighted by Gasteiger charge is -2.16. The van der Waals surface area contributed by atoms with Crippen LogP contribution in [0, 0.1) is 11.8 Å². The molecule has 0 aliphatic carbocycles. The lowest BCUT2D eigenvalue weighted by atomic mass is 9.99. The lowest BCUT2D eigenvalue weighted by Crippen LogP contribution is -2.30. The fraction of sp³-hybridized carbons (Fsp3) is 0.429. The number of amides is 1. The van der Waals surface area contributed by atoms with E-state index in [-0.39, 0.29) is 35.0 Å². The molecule has 1 aliphatic rings. The van der Waals surface area contributed by atoms with Crippen molar-refractivity contribution >= 4 is 11.9 Å². The van der Waals surface area contributed by atoms with Crippen LogP contribution < -0.4 is 0 Å². The van der Waals surface area contributed by atoms with Crippen LogP contribution in [0.4, 0.5) is 0 Å². The van der Waals surface area contributed by atoms with Crippen LogP contribution in [0.1, 0.15) is 17.3 Å². The second-order valence-electron chi connectivity index (χ2n) is 4.83. The molecule has 5 heteroatoms. The van der Waals surface area contributed by atoms with Crippen molar-refractivity contribution in [3.05, 3.63) is 29.8 Å². The number of hydrogen-bond donors (Lipinski definition) is 1. The van der Waals surface area contributed by atoms with E-state index in [1.54, 1.807) is 23.1 Å². The first-order valence-electron chi connectivity index (χ1n) is 6.19. The van der Waals surface area contributed by atoms with Crippen LogP contribution in [0.25, 0.3) is 0 Å². The molecular formula is C14H17NO4. The summed E-state index contributed by atoms with van der Waals surface area (Å²) in [5.41, 5.74) is 0.264. The van der Waals surface area contributed by atoms with Crippen molar-refractivity contribution in [2.24, 2.45) is 11.8 Å². The molecule has 0 aromatic heterocycles. The number of phenolic OH excluding ortho intramolecular Hbond substituents is 1. The largest absolute Gasteiger partial charge is 0.507 e. The van der Waals surface area contributed by atoms with E-state index in [1.165, 1.54) is 13.2 Å². The maximum atomic E-state index is 12.3. The average Bonchev–Trinajstić information content (AvgIpc) is 2.80. The minimum absolute atomic E-state index is 0.0401. The Balaban J connectivity index is 2.15. The van der Waals surface area contributed by atoms with Gasteiger partial charge in [0.05, 0.1) is 18.6 Å². The number of phenols is 1. The molecule has 0 radical (unpaired) electrons. The quantitative estimate of drug-likeness (QED) is 0.816. The van der Waals surface area contributed by atoms with E-state index < -0.39 is 0 Å². The molecule has 1 saturated heterocycles. The minimum atomic E-state index is -0.292. The molecule has 1 amide bonds. The van der Waals surface area contributed by atoms with E-state index in [2.05, 4.69) is 0 Å². The molecule has 5 nitrogen and oxygen atoms in total. The van der Waals surface area contributed by atoms with Gasteiger partial charge in [0.25, 0.3) is 5.91 Å². The topological polar surface area (TPSA) is 66.8 Å². The normalized spacial score (nSPS) is 22.3. The molecule has 102 valence electrons. The first-order chi connectivity index (χ1) is 9.04. The van der Waals surface area contributed by atoms with Crippen molar-refractivity contribution in [2.45, 2.75) is 6.92 Å². The van der Waals surface area contributed by atoms with Gasteiger partial charge < -0.3 is 14.7 Å². The fourth-order valence-electron chi connectivity index (χ4n) is 2.42. The third kappa shape index (κ3) is 2.54. The Morgan fingerprint density at radius 1 is 1.32 bits per heavy atom. The van der Waals surface area contributed by atoms with Gasteiger partial charge >= 0.3 is 5.97 Å². The Morgan fingerprint density at radius 3 is 2.63 bits per heavy atom. The predicted octanol–water partition coefficient (Wildman–Crippen LogP) is 1.27. The Kier molecular flexibility index (Phi) is 3.74. The van der Waals surface area contributed by atoms with Crippen molar-refractivity contribution in [1.29, 1.82) is 0 Å². The van der Waals surface area contributed by atoms with E-state index >= 15 is 0 Å². The summed E-state index contributed by atoms with van der Waals surface area (Å²) in [6, 6.07) is 6.42. The Morgan fingerprint density at radius 2 is 2.00 bits per heavy atom. The number of benzene rings is 1. The number of rotatable bonds is 2. The van der Waals surface area contributed by atoms with Gasteiger partial charge in [0.2, 0.25) is 0 Å². The van der Waals surface area contributed by atoms with Crippen LogP contribution in [-0.4, -0.2) is 42.1 Å². The highest BCUT2D eigenvalue weighted by Gasteiger charge is 2.38. The second kappa shape index (κ2) is 5.30. The monoisotopic (exact) mass is 263 g/mol. The van der Waals surface area contributed by atoms with Gasteiger partial charge in [0.1, 0.15) is 5.75 Å². The van der Waals surface area contributed by atoms with Crippen LogP contribution >= 0.6 is 0 Å². The van der Waals surface area contributed by atoms with Gasteiger partial charge in [-0.05, 0) is 18.1 Å². The summed E-state index contributed by atoms with van der Waals surface area (Å²) in [7, 11) is 1.35. The summed E-state index contributed by atoms with van der Waals surface area (Å²) in [5, 5.41) is 9.69. The van der Waals surface area contributed by atoms with Crippen LogP contribution in [0.2, 0.25) is 0 Å². The highest BCUT2D eigenvalue weighted by Crippen LogP contribution is 2.27. The van der Waals surface area contributed by atoms with Crippen molar-refractivity contribution in [3.63, 3.8) is 0 Å². The summed E-state index contributed by atoms with van der Waals surface area (Å²) in [6.07, 6.45) is 0. The highest BCUT2D eigenvalue weighted by molar-refractivity contribution is 5.97. The average molecular weight is 263 g/mol. The standard InChI is InChI=1S/C14H17NO4/c1-9-7-15(8-11(9)14(18)19-2)13(17)10-5-3-4-6-12(10)16/h3-6,9,11,16H,7-8H2,1-2H3. The van der Waals surface area contributed by atoms with Gasteiger partial charge in [-0.25, -0.2) is 0 Å². The highest BCUT2D eigenvalue weighted by atomic mass is 16.5. The van der Waals surface area contributed by atoms with E-state index in [9.17, 15) is 14.7 Å². The number of likely N-dealkylation sites (tertiary alicyclic amines) is 1. The van der Waals surface area contributed by atoms with Crippen molar-refractivity contribution in [1.82, 2.24) is 4.90 Å². The van der Waals surface area contributed by atoms with E-state index in [0.717, 1.165) is 0 Å². The lowest BCUT2D eigenvalue weighted by molar-refractivity contribution is -0.146. The molecule has 2 atom stereocenters. The van der Waals surface area contributed by atoms with Crippen LogP contribution in [0.15, 0.2) is 24.3 Å². The molecule has 2 unspecified atom stereocenters. The molecule has 1 fully saturated rings. The van der Waals surface area contributed by atoms with Gasteiger partial charge in [-0.2, -0.15) is 0 Å². The van der Waals surface area contributed by atoms with Crippen LogP contribution in [0.3, 0.4) is 0 Å². The smallest absolute Gasteiger partial charge is 0.310 e. The SMILES string of the molecule is COC(=O)C1CN(C(=O)c2ccccc2O)CC1C. The van der Waals surface area contributed by atoms with E-state index in [1.807, 2.05) is 6.92 Å². The molecule has 1 aromatic carbocycles. The third-order valence-electron chi connectivity index (χ3n) is 3.54. The molecule has 1 heterocycles. The van der Waals surface area contributed by atoms with Crippen molar-refractivity contribution in [2.75, 3.05) is 20.2 Å². The molecule has 19 heavy (non-hydrogen) atoms. The molecule has 0 spiro atoms. The zero-order valence-corrected chi connectivity index (χ0v) is 11.0. The Labute approximate surface area is 111 Å². The third-order valence-corrected chi connectivity index (χ3v) is 3.54. The van der Waals surface area contributed by atoms with Crippen LogP contribution in [-0.2, 0) is 9.53 Å². The van der Waals surface area contributed by atoms with Gasteiger partial charge in [-0.15, -0.1) is 0 Å². The van der Waals surface area contributed by atoms with Crippen molar-refractivity contribution in [3.8, 4) is 5.75 Å². The molecular weight excluding hydrogens is 246 g/mol. The number of aromatic hydroxyl groups is 1. The molecule has 2 rings (SSSR count). The number of ether oxygens (including phenoxy) is 1. The second-order valence-corrected chi connectivity index (χ2v) is 4.83. The number of hydrogen-bond acceptors (Lipinski definition) is 4. The van der Waals surface area contributed by atoms with Crippen molar-refractivity contribution < 1.29 is 19.4 Å². The van der Waals surface area contributed by atoms with Crippen LogP contribution in [0.5, 0.6) is 5.75 Å². The maximum Gasteiger partial charge on any atom is 0.310 e. The number of esters is 1. The molecule has 0 saturated carbocycles. The zero-order valence-electron chi connectivity index (χ0n) is 11.0.